The predicted molar refractivity (Wildman–Crippen MR) is 110 cm³/mol. The van der Waals surface area contributed by atoms with E-state index in [2.05, 4.69) is 65.1 Å². The van der Waals surface area contributed by atoms with Gasteiger partial charge in [0.25, 0.3) is 0 Å². The molecule has 0 bridgehead atoms. The van der Waals surface area contributed by atoms with E-state index in [0.717, 1.165) is 0 Å². The van der Waals surface area contributed by atoms with Crippen LogP contribution < -0.4 is 5.32 Å². The smallest absolute Gasteiger partial charge is 0.0413 e. The molecule has 0 atom stereocenters. The van der Waals surface area contributed by atoms with Crippen LogP contribution in [0.1, 0.15) is 90.2 Å². The lowest BCUT2D eigenvalue weighted by molar-refractivity contribution is 0.835. The van der Waals surface area contributed by atoms with Crippen molar-refractivity contribution in [2.24, 2.45) is 0 Å². The Balaban J connectivity index is 2.87. The molecular weight excluding hydrogens is 297 g/mol. The van der Waals surface area contributed by atoms with E-state index in [1.165, 1.54) is 61.1 Å². The Morgan fingerprint density at radius 3 is 1.74 bits per heavy atom. The minimum atomic E-state index is 0.129. The van der Waals surface area contributed by atoms with E-state index in [9.17, 15) is 0 Å². The third-order valence-electron chi connectivity index (χ3n) is 4.51. The molecule has 0 aromatic heterocycles. The summed E-state index contributed by atoms with van der Waals surface area (Å²) in [5.41, 5.74) is 4.40. The van der Waals surface area contributed by atoms with Gasteiger partial charge in [-0.2, -0.15) is 0 Å². The van der Waals surface area contributed by atoms with Crippen molar-refractivity contribution in [1.29, 1.82) is 0 Å². The number of hydrogen-bond donors (Lipinski definition) is 1. The predicted octanol–water partition coefficient (Wildman–Crippen LogP) is 7.38. The molecule has 0 spiro atoms. The van der Waals surface area contributed by atoms with Gasteiger partial charge in [-0.3, -0.25) is 0 Å². The summed E-state index contributed by atoms with van der Waals surface area (Å²) in [6, 6.07) is 6.84. The average molecular weight is 336 g/mol. The zero-order valence-electron chi connectivity index (χ0n) is 16.3. The first-order chi connectivity index (χ1) is 11.0. The van der Waals surface area contributed by atoms with Crippen LogP contribution in [0.15, 0.2) is 18.2 Å². The second kappa shape index (κ2) is 11.1. The highest BCUT2D eigenvalue weighted by Crippen LogP contribution is 2.40. The largest absolute Gasteiger partial charge is 0.381 e. The van der Waals surface area contributed by atoms with Crippen molar-refractivity contribution in [3.63, 3.8) is 0 Å². The third-order valence-corrected chi connectivity index (χ3v) is 7.01. The number of hydrogen-bond acceptors (Lipinski definition) is 1. The topological polar surface area (TPSA) is 12.0 Å². The number of para-hydroxylation sites is 1. The van der Waals surface area contributed by atoms with E-state index in [-0.39, 0.29) is 7.92 Å². The molecule has 0 unspecified atom stereocenters. The van der Waals surface area contributed by atoms with Crippen LogP contribution in [0.3, 0.4) is 0 Å². The van der Waals surface area contributed by atoms with Crippen LogP contribution in [0.4, 0.5) is 5.69 Å². The zero-order valence-corrected chi connectivity index (χ0v) is 17.2. The summed E-state index contributed by atoms with van der Waals surface area (Å²) >= 11 is 0. The monoisotopic (exact) mass is 335 g/mol. The molecule has 0 fully saturated rings. The van der Waals surface area contributed by atoms with Crippen LogP contribution >= 0.6 is 7.92 Å². The summed E-state index contributed by atoms with van der Waals surface area (Å²) in [4.78, 5) is 0. The lowest BCUT2D eigenvalue weighted by Gasteiger charge is -2.24. The molecule has 0 saturated carbocycles. The molecule has 1 aromatic carbocycles. The number of nitrogens with one attached hydrogen (secondary N) is 1. The highest BCUT2D eigenvalue weighted by atomic mass is 31.1. The maximum absolute atomic E-state index is 3.89. The molecule has 0 amide bonds. The fraction of sp³-hybridized carbons (Fsp3) is 0.714. The van der Waals surface area contributed by atoms with E-state index in [0.29, 0.717) is 11.8 Å². The summed E-state index contributed by atoms with van der Waals surface area (Å²) < 4.78 is 0. The SMILES string of the molecule is CCCCP(CCCC)CNc1c(C(C)C)cccc1C(C)C. The molecule has 0 saturated heterocycles. The molecule has 23 heavy (non-hydrogen) atoms. The molecule has 0 aliphatic carbocycles. The van der Waals surface area contributed by atoms with Gasteiger partial charge in [0.15, 0.2) is 0 Å². The van der Waals surface area contributed by atoms with Gasteiger partial charge < -0.3 is 5.32 Å². The van der Waals surface area contributed by atoms with Gasteiger partial charge in [-0.1, -0.05) is 80.5 Å². The fourth-order valence-electron chi connectivity index (χ4n) is 2.98. The highest BCUT2D eigenvalue weighted by molar-refractivity contribution is 7.57. The van der Waals surface area contributed by atoms with Crippen molar-refractivity contribution < 1.29 is 0 Å². The second-order valence-corrected chi connectivity index (χ2v) is 9.83. The Bertz CT molecular complexity index is 405. The van der Waals surface area contributed by atoms with Crippen LogP contribution in [0.25, 0.3) is 0 Å². The first-order valence-corrected chi connectivity index (χ1v) is 11.5. The van der Waals surface area contributed by atoms with E-state index >= 15 is 0 Å². The molecular formula is C21H38NP. The van der Waals surface area contributed by atoms with Crippen LogP contribution in [0, 0.1) is 0 Å². The van der Waals surface area contributed by atoms with E-state index in [4.69, 9.17) is 0 Å². The number of benzene rings is 1. The third kappa shape index (κ3) is 6.84. The molecule has 132 valence electrons. The molecule has 0 aliphatic rings. The van der Waals surface area contributed by atoms with Crippen molar-refractivity contribution in [2.45, 2.75) is 79.1 Å². The Hall–Kier alpha value is -0.550. The van der Waals surface area contributed by atoms with Gasteiger partial charge in [-0.15, -0.1) is 0 Å². The Morgan fingerprint density at radius 2 is 1.35 bits per heavy atom. The van der Waals surface area contributed by atoms with Gasteiger partial charge in [-0.25, -0.2) is 0 Å². The van der Waals surface area contributed by atoms with Crippen molar-refractivity contribution in [1.82, 2.24) is 0 Å². The van der Waals surface area contributed by atoms with Gasteiger partial charge in [0.2, 0.25) is 0 Å². The number of unbranched alkanes of at least 4 members (excludes halogenated alkanes) is 2. The van der Waals surface area contributed by atoms with Gasteiger partial charge in [0.05, 0.1) is 0 Å². The van der Waals surface area contributed by atoms with Crippen molar-refractivity contribution >= 4 is 13.6 Å². The maximum Gasteiger partial charge on any atom is 0.0413 e. The Labute approximate surface area is 146 Å². The lowest BCUT2D eigenvalue weighted by atomic mass is 9.93. The summed E-state index contributed by atoms with van der Waals surface area (Å²) in [5.74, 6) is 1.16. The Morgan fingerprint density at radius 1 is 0.870 bits per heavy atom. The van der Waals surface area contributed by atoms with Gasteiger partial charge in [0, 0.05) is 12.0 Å². The van der Waals surface area contributed by atoms with Crippen LogP contribution in [-0.2, 0) is 0 Å². The van der Waals surface area contributed by atoms with E-state index < -0.39 is 0 Å². The van der Waals surface area contributed by atoms with E-state index in [1.807, 2.05) is 0 Å². The van der Waals surface area contributed by atoms with Crippen molar-refractivity contribution in [3.05, 3.63) is 29.3 Å². The molecule has 1 nitrogen and oxygen atoms in total. The molecule has 0 aliphatic heterocycles. The lowest BCUT2D eigenvalue weighted by Crippen LogP contribution is -2.10. The zero-order chi connectivity index (χ0) is 17.2. The van der Waals surface area contributed by atoms with Gasteiger partial charge in [-0.05, 0) is 48.1 Å². The van der Waals surface area contributed by atoms with Crippen molar-refractivity contribution in [2.75, 3.05) is 23.9 Å². The minimum Gasteiger partial charge on any atom is -0.381 e. The minimum absolute atomic E-state index is 0.129. The van der Waals surface area contributed by atoms with Crippen molar-refractivity contribution in [3.8, 4) is 0 Å². The summed E-state index contributed by atoms with van der Waals surface area (Å²) in [7, 11) is 0.129. The van der Waals surface area contributed by atoms with Crippen LogP contribution in [-0.4, -0.2) is 18.6 Å². The summed E-state index contributed by atoms with van der Waals surface area (Å²) in [6.45, 7) is 13.9. The molecule has 2 heteroatoms. The second-order valence-electron chi connectivity index (χ2n) is 7.28. The first-order valence-electron chi connectivity index (χ1n) is 9.60. The number of anilines is 1. The number of rotatable bonds is 11. The quantitative estimate of drug-likeness (QED) is 0.416. The maximum atomic E-state index is 3.89. The normalized spacial score (nSPS) is 11.7. The van der Waals surface area contributed by atoms with Crippen LogP contribution in [0.5, 0.6) is 0 Å². The highest BCUT2D eigenvalue weighted by Gasteiger charge is 2.15. The molecule has 1 aromatic rings. The molecule has 1 rings (SSSR count). The van der Waals surface area contributed by atoms with Gasteiger partial charge in [0.1, 0.15) is 0 Å². The molecule has 1 N–H and O–H groups in total. The molecule has 0 heterocycles. The summed E-state index contributed by atoms with van der Waals surface area (Å²) in [6.07, 6.45) is 9.48. The average Bonchev–Trinajstić information content (AvgIpc) is 2.53. The summed E-state index contributed by atoms with van der Waals surface area (Å²) in [5, 5.41) is 3.89. The van der Waals surface area contributed by atoms with Gasteiger partial charge >= 0.3 is 0 Å². The fourth-order valence-corrected chi connectivity index (χ4v) is 5.43. The Kier molecular flexibility index (Phi) is 9.88. The van der Waals surface area contributed by atoms with E-state index in [1.54, 1.807) is 0 Å². The standard InChI is InChI=1S/C21H38NP/c1-7-9-14-23(15-10-8-2)16-22-21-19(17(3)4)12-11-13-20(21)18(5)6/h11-13,17-18,22H,7-10,14-16H2,1-6H3. The first kappa shape index (κ1) is 20.5. The molecule has 0 radical (unpaired) electrons. The van der Waals surface area contributed by atoms with Crippen LogP contribution in [0.2, 0.25) is 0 Å².